The summed E-state index contributed by atoms with van der Waals surface area (Å²) < 4.78 is 3.47. The quantitative estimate of drug-likeness (QED) is 0.378. The standard InChI is InChI=1S/C26H27N5O2S/c1-3-29(19-9-5-4-6-10-19)23(32)17-34-26-28-27-25-30(20-15-13-18(2)14-16-20)24(33)21-11-7-8-12-22(21)31(25)26/h7-9,11-16H,3-6,10,17H2,1-2H3. The van der Waals surface area contributed by atoms with E-state index in [1.807, 2.05) is 71.7 Å². The highest BCUT2D eigenvalue weighted by molar-refractivity contribution is 7.99. The molecule has 0 fully saturated rings. The van der Waals surface area contributed by atoms with E-state index >= 15 is 0 Å². The highest BCUT2D eigenvalue weighted by Gasteiger charge is 2.21. The van der Waals surface area contributed by atoms with Crippen LogP contribution in [0.25, 0.3) is 22.4 Å². The molecule has 2 aromatic heterocycles. The second-order valence-electron chi connectivity index (χ2n) is 8.48. The van der Waals surface area contributed by atoms with Gasteiger partial charge in [-0.1, -0.05) is 47.7 Å². The van der Waals surface area contributed by atoms with Gasteiger partial charge in [0.15, 0.2) is 5.16 Å². The molecule has 1 amide bonds. The van der Waals surface area contributed by atoms with Gasteiger partial charge in [0.2, 0.25) is 11.7 Å². The number of hydrogen-bond acceptors (Lipinski definition) is 5. The number of carbonyl (C=O) groups is 1. The number of thioether (sulfide) groups is 1. The lowest BCUT2D eigenvalue weighted by Crippen LogP contribution is -2.32. The van der Waals surface area contributed by atoms with Crippen molar-refractivity contribution in [3.8, 4) is 5.69 Å². The molecule has 7 nitrogen and oxygen atoms in total. The Labute approximate surface area is 202 Å². The molecule has 8 heteroatoms. The van der Waals surface area contributed by atoms with Crippen molar-refractivity contribution in [1.29, 1.82) is 0 Å². The summed E-state index contributed by atoms with van der Waals surface area (Å²) in [6.07, 6.45) is 6.48. The van der Waals surface area contributed by atoms with Crippen LogP contribution in [0.3, 0.4) is 0 Å². The Morgan fingerprint density at radius 2 is 1.88 bits per heavy atom. The molecule has 2 heterocycles. The van der Waals surface area contributed by atoms with Crippen molar-refractivity contribution in [2.75, 3.05) is 12.3 Å². The maximum atomic E-state index is 13.4. The number of amides is 1. The van der Waals surface area contributed by atoms with Crippen LogP contribution in [-0.4, -0.2) is 42.3 Å². The normalized spacial score (nSPS) is 13.9. The fourth-order valence-electron chi connectivity index (χ4n) is 4.51. The minimum absolute atomic E-state index is 0.0635. The molecule has 0 unspecified atom stereocenters. The lowest BCUT2D eigenvalue weighted by atomic mass is 10.0. The summed E-state index contributed by atoms with van der Waals surface area (Å²) in [4.78, 5) is 28.4. The summed E-state index contributed by atoms with van der Waals surface area (Å²) in [5, 5.41) is 9.94. The van der Waals surface area contributed by atoms with Gasteiger partial charge >= 0.3 is 0 Å². The molecule has 0 saturated heterocycles. The maximum Gasteiger partial charge on any atom is 0.267 e. The van der Waals surface area contributed by atoms with Crippen molar-refractivity contribution in [1.82, 2.24) is 24.1 Å². The number of hydrogen-bond donors (Lipinski definition) is 0. The van der Waals surface area contributed by atoms with Gasteiger partial charge < -0.3 is 4.90 Å². The van der Waals surface area contributed by atoms with Crippen LogP contribution < -0.4 is 5.56 Å². The van der Waals surface area contributed by atoms with E-state index in [9.17, 15) is 9.59 Å². The van der Waals surface area contributed by atoms with Crippen LogP contribution in [-0.2, 0) is 4.79 Å². The van der Waals surface area contributed by atoms with E-state index < -0.39 is 0 Å². The second-order valence-corrected chi connectivity index (χ2v) is 9.42. The predicted octanol–water partition coefficient (Wildman–Crippen LogP) is 4.74. The highest BCUT2D eigenvalue weighted by Crippen LogP contribution is 2.26. The van der Waals surface area contributed by atoms with Crippen molar-refractivity contribution in [2.24, 2.45) is 0 Å². The van der Waals surface area contributed by atoms with E-state index in [0.717, 1.165) is 41.7 Å². The predicted molar refractivity (Wildman–Crippen MR) is 135 cm³/mol. The summed E-state index contributed by atoms with van der Waals surface area (Å²) in [5.74, 6) is 0.752. The molecule has 0 radical (unpaired) electrons. The zero-order valence-electron chi connectivity index (χ0n) is 19.4. The molecule has 1 aliphatic rings. The highest BCUT2D eigenvalue weighted by atomic mass is 32.2. The fraction of sp³-hybridized carbons (Fsp3) is 0.308. The molecule has 0 bridgehead atoms. The van der Waals surface area contributed by atoms with Gasteiger partial charge in [-0.3, -0.25) is 14.0 Å². The molecule has 4 aromatic rings. The molecule has 2 aromatic carbocycles. The Kier molecular flexibility index (Phi) is 6.24. The number of nitrogens with zero attached hydrogens (tertiary/aromatic N) is 5. The smallest absolute Gasteiger partial charge is 0.267 e. The SMILES string of the molecule is CCN(C(=O)CSc1nnc2n(-c3ccc(C)cc3)c(=O)c3ccccc3n12)C1=CCCCC1. The maximum absolute atomic E-state index is 13.4. The topological polar surface area (TPSA) is 72.5 Å². The van der Waals surface area contributed by atoms with E-state index in [4.69, 9.17) is 0 Å². The molecule has 5 rings (SSSR count). The van der Waals surface area contributed by atoms with Gasteiger partial charge in [-0.05, 0) is 63.8 Å². The molecular formula is C26H27N5O2S. The molecule has 1 aliphatic carbocycles. The Hall–Kier alpha value is -3.39. The van der Waals surface area contributed by atoms with E-state index in [2.05, 4.69) is 16.3 Å². The van der Waals surface area contributed by atoms with Gasteiger partial charge in [-0.25, -0.2) is 4.57 Å². The zero-order valence-corrected chi connectivity index (χ0v) is 20.2. The number of benzene rings is 2. The number of allylic oxidation sites excluding steroid dienone is 2. The van der Waals surface area contributed by atoms with Crippen LogP contribution in [0.5, 0.6) is 0 Å². The Balaban J connectivity index is 1.55. The summed E-state index contributed by atoms with van der Waals surface area (Å²) in [7, 11) is 0. The molecule has 174 valence electrons. The molecule has 0 saturated carbocycles. The van der Waals surface area contributed by atoms with Crippen LogP contribution in [0.1, 0.15) is 38.2 Å². The number of fused-ring (bicyclic) bond motifs is 3. The second kappa shape index (κ2) is 9.46. The van der Waals surface area contributed by atoms with E-state index in [-0.39, 0.29) is 17.2 Å². The van der Waals surface area contributed by atoms with Crippen molar-refractivity contribution < 1.29 is 4.79 Å². The number of carbonyl (C=O) groups excluding carboxylic acids is 1. The summed E-state index contributed by atoms with van der Waals surface area (Å²) in [6, 6.07) is 15.2. The molecule has 0 atom stereocenters. The first-order valence-electron chi connectivity index (χ1n) is 11.7. The third kappa shape index (κ3) is 4.03. The van der Waals surface area contributed by atoms with Crippen molar-refractivity contribution in [3.05, 3.63) is 76.2 Å². The summed E-state index contributed by atoms with van der Waals surface area (Å²) in [5.41, 5.74) is 3.55. The Morgan fingerprint density at radius 1 is 1.09 bits per heavy atom. The van der Waals surface area contributed by atoms with Crippen LogP contribution in [0.15, 0.2) is 70.3 Å². The fourth-order valence-corrected chi connectivity index (χ4v) is 5.32. The average molecular weight is 474 g/mol. The van der Waals surface area contributed by atoms with Gasteiger partial charge in [0, 0.05) is 12.2 Å². The first kappa shape index (κ1) is 22.4. The van der Waals surface area contributed by atoms with Crippen molar-refractivity contribution >= 4 is 34.3 Å². The van der Waals surface area contributed by atoms with Gasteiger partial charge in [-0.2, -0.15) is 0 Å². The Morgan fingerprint density at radius 3 is 2.62 bits per heavy atom. The number of rotatable bonds is 6. The summed E-state index contributed by atoms with van der Waals surface area (Å²) in [6.45, 7) is 4.67. The number of aryl methyl sites for hydroxylation is 1. The first-order valence-corrected chi connectivity index (χ1v) is 12.6. The third-order valence-electron chi connectivity index (χ3n) is 6.24. The molecular weight excluding hydrogens is 446 g/mol. The van der Waals surface area contributed by atoms with Crippen LogP contribution in [0.2, 0.25) is 0 Å². The molecule has 0 N–H and O–H groups in total. The van der Waals surface area contributed by atoms with Gasteiger partial charge in [0.1, 0.15) is 0 Å². The number of aromatic nitrogens is 4. The minimum Gasteiger partial charge on any atom is -0.316 e. The summed E-state index contributed by atoms with van der Waals surface area (Å²) >= 11 is 1.35. The molecule has 34 heavy (non-hydrogen) atoms. The monoisotopic (exact) mass is 473 g/mol. The van der Waals surface area contributed by atoms with Crippen molar-refractivity contribution in [3.63, 3.8) is 0 Å². The lowest BCUT2D eigenvalue weighted by molar-refractivity contribution is -0.126. The third-order valence-corrected chi connectivity index (χ3v) is 7.16. The van der Waals surface area contributed by atoms with Crippen molar-refractivity contribution in [2.45, 2.75) is 44.7 Å². The largest absolute Gasteiger partial charge is 0.316 e. The van der Waals surface area contributed by atoms with Gasteiger partial charge in [0.25, 0.3) is 5.56 Å². The van der Waals surface area contributed by atoms with Gasteiger partial charge in [0.05, 0.1) is 22.3 Å². The Bertz CT molecular complexity index is 1450. The minimum atomic E-state index is -0.145. The first-order chi connectivity index (χ1) is 16.6. The van der Waals surface area contributed by atoms with E-state index in [1.165, 1.54) is 18.2 Å². The lowest BCUT2D eigenvalue weighted by Gasteiger charge is -2.26. The zero-order chi connectivity index (χ0) is 23.7. The van der Waals surface area contributed by atoms with Crippen LogP contribution >= 0.6 is 11.8 Å². The van der Waals surface area contributed by atoms with E-state index in [1.54, 1.807) is 4.57 Å². The van der Waals surface area contributed by atoms with E-state index in [0.29, 0.717) is 22.9 Å². The van der Waals surface area contributed by atoms with Crippen LogP contribution in [0, 0.1) is 6.92 Å². The average Bonchev–Trinajstić information content (AvgIpc) is 3.29. The number of para-hydroxylation sites is 1. The molecule has 0 aliphatic heterocycles. The molecule has 0 spiro atoms. The van der Waals surface area contributed by atoms with Crippen LogP contribution in [0.4, 0.5) is 0 Å². The van der Waals surface area contributed by atoms with Gasteiger partial charge in [-0.15, -0.1) is 10.2 Å².